The molecule has 0 unspecified atom stereocenters. The zero-order chi connectivity index (χ0) is 14.9. The van der Waals surface area contributed by atoms with Crippen LogP contribution in [0.2, 0.25) is 0 Å². The highest BCUT2D eigenvalue weighted by Crippen LogP contribution is 2.46. The number of aryl methyl sites for hydroxylation is 1. The average molecular weight is 339 g/mol. The standard InChI is InChI=1S/C17H23BrO2/c1-5-17(8-6-7-9-17)16(19)14-12(3)13(18)10-11(2)15(14)20-4/h10H,5-9H2,1-4H3. The normalized spacial score (nSPS) is 17.2. The maximum atomic E-state index is 13.2. The number of ether oxygens (including phenoxy) is 1. The van der Waals surface area contributed by atoms with Crippen molar-refractivity contribution in [2.24, 2.45) is 5.41 Å². The first-order valence-corrected chi connectivity index (χ1v) is 8.14. The van der Waals surface area contributed by atoms with E-state index in [2.05, 4.69) is 22.9 Å². The minimum atomic E-state index is -0.175. The van der Waals surface area contributed by atoms with Gasteiger partial charge in [0, 0.05) is 9.89 Å². The third-order valence-corrected chi connectivity index (χ3v) is 5.64. The number of rotatable bonds is 4. The Hall–Kier alpha value is -0.830. The molecule has 0 aromatic heterocycles. The predicted octanol–water partition coefficient (Wildman–Crippen LogP) is 5.23. The summed E-state index contributed by atoms with van der Waals surface area (Å²) in [6.07, 6.45) is 5.26. The summed E-state index contributed by atoms with van der Waals surface area (Å²) in [5, 5.41) is 0. The van der Waals surface area contributed by atoms with Gasteiger partial charge in [0.2, 0.25) is 0 Å². The lowest BCUT2D eigenvalue weighted by molar-refractivity contribution is 0.0787. The number of benzene rings is 1. The van der Waals surface area contributed by atoms with Crippen LogP contribution in [0.1, 0.15) is 60.5 Å². The molecule has 0 atom stereocenters. The van der Waals surface area contributed by atoms with E-state index >= 15 is 0 Å². The monoisotopic (exact) mass is 338 g/mol. The molecule has 0 spiro atoms. The van der Waals surface area contributed by atoms with Gasteiger partial charge in [-0.2, -0.15) is 0 Å². The van der Waals surface area contributed by atoms with Crippen LogP contribution in [0.3, 0.4) is 0 Å². The molecule has 0 bridgehead atoms. The zero-order valence-electron chi connectivity index (χ0n) is 12.8. The molecule has 2 nitrogen and oxygen atoms in total. The van der Waals surface area contributed by atoms with E-state index in [4.69, 9.17) is 4.74 Å². The van der Waals surface area contributed by atoms with Crippen molar-refractivity contribution in [3.63, 3.8) is 0 Å². The summed E-state index contributed by atoms with van der Waals surface area (Å²) < 4.78 is 6.53. The van der Waals surface area contributed by atoms with Crippen molar-refractivity contribution in [1.29, 1.82) is 0 Å². The van der Waals surface area contributed by atoms with Crippen LogP contribution in [0.25, 0.3) is 0 Å². The van der Waals surface area contributed by atoms with Crippen LogP contribution in [-0.2, 0) is 0 Å². The molecule has 110 valence electrons. The summed E-state index contributed by atoms with van der Waals surface area (Å²) >= 11 is 3.57. The van der Waals surface area contributed by atoms with Crippen LogP contribution in [0.4, 0.5) is 0 Å². The molecular formula is C17H23BrO2. The maximum Gasteiger partial charge on any atom is 0.173 e. The number of carbonyl (C=O) groups excluding carboxylic acids is 1. The summed E-state index contributed by atoms with van der Waals surface area (Å²) in [4.78, 5) is 13.2. The van der Waals surface area contributed by atoms with Crippen molar-refractivity contribution in [3.8, 4) is 5.75 Å². The highest BCUT2D eigenvalue weighted by Gasteiger charge is 2.41. The van der Waals surface area contributed by atoms with Crippen LogP contribution in [-0.4, -0.2) is 12.9 Å². The van der Waals surface area contributed by atoms with E-state index in [-0.39, 0.29) is 11.2 Å². The third kappa shape index (κ3) is 2.41. The van der Waals surface area contributed by atoms with Crippen LogP contribution in [0.15, 0.2) is 10.5 Å². The minimum Gasteiger partial charge on any atom is -0.496 e. The topological polar surface area (TPSA) is 26.3 Å². The van der Waals surface area contributed by atoms with Gasteiger partial charge in [0.15, 0.2) is 5.78 Å². The summed E-state index contributed by atoms with van der Waals surface area (Å²) in [7, 11) is 1.65. The zero-order valence-corrected chi connectivity index (χ0v) is 14.4. The van der Waals surface area contributed by atoms with Crippen molar-refractivity contribution in [1.82, 2.24) is 0 Å². The Morgan fingerprint density at radius 1 is 1.35 bits per heavy atom. The first-order valence-electron chi connectivity index (χ1n) is 7.35. The number of methoxy groups -OCH3 is 1. The van der Waals surface area contributed by atoms with Gasteiger partial charge in [0.1, 0.15) is 5.75 Å². The van der Waals surface area contributed by atoms with E-state index in [0.717, 1.165) is 59.0 Å². The Kier molecular flexibility index (Phi) is 4.58. The van der Waals surface area contributed by atoms with E-state index in [1.807, 2.05) is 19.9 Å². The number of hydrogen-bond acceptors (Lipinski definition) is 2. The molecule has 1 aromatic carbocycles. The molecule has 0 N–H and O–H groups in total. The van der Waals surface area contributed by atoms with Crippen molar-refractivity contribution in [2.45, 2.75) is 52.9 Å². The Morgan fingerprint density at radius 2 is 1.95 bits per heavy atom. The fourth-order valence-corrected chi connectivity index (χ4v) is 3.99. The molecule has 1 fully saturated rings. The highest BCUT2D eigenvalue weighted by molar-refractivity contribution is 9.10. The van der Waals surface area contributed by atoms with Crippen LogP contribution < -0.4 is 4.74 Å². The lowest BCUT2D eigenvalue weighted by Crippen LogP contribution is -2.28. The molecule has 1 saturated carbocycles. The molecule has 20 heavy (non-hydrogen) atoms. The number of halogens is 1. The lowest BCUT2D eigenvalue weighted by atomic mass is 9.75. The van der Waals surface area contributed by atoms with Crippen molar-refractivity contribution >= 4 is 21.7 Å². The van der Waals surface area contributed by atoms with E-state index in [1.54, 1.807) is 7.11 Å². The summed E-state index contributed by atoms with van der Waals surface area (Å²) in [6.45, 7) is 6.13. The molecule has 0 aliphatic heterocycles. The molecule has 3 heteroatoms. The summed E-state index contributed by atoms with van der Waals surface area (Å²) in [6, 6.07) is 2.03. The first kappa shape index (κ1) is 15.6. The first-order chi connectivity index (χ1) is 9.46. The van der Waals surface area contributed by atoms with Crippen LogP contribution in [0.5, 0.6) is 5.75 Å². The largest absolute Gasteiger partial charge is 0.496 e. The van der Waals surface area contributed by atoms with E-state index < -0.39 is 0 Å². The predicted molar refractivity (Wildman–Crippen MR) is 85.7 cm³/mol. The molecule has 1 aliphatic carbocycles. The van der Waals surface area contributed by atoms with Crippen molar-refractivity contribution < 1.29 is 9.53 Å². The van der Waals surface area contributed by atoms with Gasteiger partial charge in [-0.25, -0.2) is 0 Å². The highest BCUT2D eigenvalue weighted by atomic mass is 79.9. The Bertz CT molecular complexity index is 528. The van der Waals surface area contributed by atoms with Gasteiger partial charge in [-0.05, 0) is 50.3 Å². The molecule has 2 rings (SSSR count). The Morgan fingerprint density at radius 3 is 2.45 bits per heavy atom. The van der Waals surface area contributed by atoms with Gasteiger partial charge in [-0.1, -0.05) is 35.7 Å². The number of ketones is 1. The molecule has 0 heterocycles. The fourth-order valence-electron chi connectivity index (χ4n) is 3.45. The second-order valence-corrected chi connectivity index (χ2v) is 6.73. The fraction of sp³-hybridized carbons (Fsp3) is 0.588. The van der Waals surface area contributed by atoms with Gasteiger partial charge in [0.25, 0.3) is 0 Å². The number of carbonyl (C=O) groups is 1. The molecule has 0 amide bonds. The van der Waals surface area contributed by atoms with Gasteiger partial charge in [-0.15, -0.1) is 0 Å². The summed E-state index contributed by atoms with van der Waals surface area (Å²) in [5.74, 6) is 1.02. The van der Waals surface area contributed by atoms with E-state index in [0.29, 0.717) is 0 Å². The van der Waals surface area contributed by atoms with Gasteiger partial charge in [0.05, 0.1) is 12.7 Å². The second kappa shape index (κ2) is 5.88. The van der Waals surface area contributed by atoms with E-state index in [9.17, 15) is 4.79 Å². The van der Waals surface area contributed by atoms with Gasteiger partial charge in [-0.3, -0.25) is 4.79 Å². The van der Waals surface area contributed by atoms with Crippen LogP contribution in [0, 0.1) is 19.3 Å². The average Bonchev–Trinajstić information content (AvgIpc) is 2.91. The van der Waals surface area contributed by atoms with Crippen molar-refractivity contribution in [2.75, 3.05) is 7.11 Å². The van der Waals surface area contributed by atoms with Crippen molar-refractivity contribution in [3.05, 3.63) is 27.2 Å². The lowest BCUT2D eigenvalue weighted by Gasteiger charge is -2.28. The molecule has 1 aromatic rings. The SMILES string of the molecule is CCC1(C(=O)c2c(C)c(Br)cc(C)c2OC)CCCC1. The minimum absolute atomic E-state index is 0.175. The number of Topliss-reactive ketones (excluding diaryl/α,β-unsaturated/α-hetero) is 1. The van der Waals surface area contributed by atoms with Gasteiger partial charge >= 0.3 is 0 Å². The third-order valence-electron chi connectivity index (χ3n) is 4.81. The van der Waals surface area contributed by atoms with Gasteiger partial charge < -0.3 is 4.74 Å². The molecular weight excluding hydrogens is 316 g/mol. The summed E-state index contributed by atoms with van der Waals surface area (Å²) in [5.41, 5.74) is 2.61. The smallest absolute Gasteiger partial charge is 0.173 e. The van der Waals surface area contributed by atoms with Crippen LogP contribution >= 0.6 is 15.9 Å². The van der Waals surface area contributed by atoms with E-state index in [1.165, 1.54) is 0 Å². The number of hydrogen-bond donors (Lipinski definition) is 0. The Balaban J connectivity index is 2.59. The maximum absolute atomic E-state index is 13.2. The Labute approximate surface area is 130 Å². The quantitative estimate of drug-likeness (QED) is 0.702. The molecule has 1 aliphatic rings. The molecule has 0 saturated heterocycles. The molecule has 0 radical (unpaired) electrons. The second-order valence-electron chi connectivity index (χ2n) is 5.88.